The number of halogens is 1. The molecule has 0 radical (unpaired) electrons. The Hall–Kier alpha value is -1.91. The van der Waals surface area contributed by atoms with Gasteiger partial charge < -0.3 is 5.32 Å². The summed E-state index contributed by atoms with van der Waals surface area (Å²) in [5.74, 6) is -0.491. The van der Waals surface area contributed by atoms with Gasteiger partial charge in [-0.3, -0.25) is 4.79 Å². The van der Waals surface area contributed by atoms with Crippen molar-refractivity contribution in [3.63, 3.8) is 0 Å². The van der Waals surface area contributed by atoms with Crippen molar-refractivity contribution in [3.8, 4) is 0 Å². The quantitative estimate of drug-likeness (QED) is 0.793. The van der Waals surface area contributed by atoms with Gasteiger partial charge >= 0.3 is 6.03 Å². The second-order valence-electron chi connectivity index (χ2n) is 4.37. The minimum absolute atomic E-state index is 0.0365. The summed E-state index contributed by atoms with van der Waals surface area (Å²) in [5.41, 5.74) is 0.979. The van der Waals surface area contributed by atoms with Gasteiger partial charge in [-0.1, -0.05) is 6.07 Å². The highest BCUT2D eigenvalue weighted by Crippen LogP contribution is 2.41. The first-order valence-electron chi connectivity index (χ1n) is 5.57. The van der Waals surface area contributed by atoms with Crippen molar-refractivity contribution >= 4 is 17.6 Å². The summed E-state index contributed by atoms with van der Waals surface area (Å²) in [6, 6.07) is 4.15. The summed E-state index contributed by atoms with van der Waals surface area (Å²) in [6.45, 7) is -0.0668. The van der Waals surface area contributed by atoms with Gasteiger partial charge in [-0.15, -0.1) is 0 Å². The number of rotatable bonds is 2. The van der Waals surface area contributed by atoms with E-state index in [0.717, 1.165) is 23.3 Å². The molecule has 0 bridgehead atoms. The zero-order valence-electron chi connectivity index (χ0n) is 9.07. The Morgan fingerprint density at radius 2 is 2.06 bits per heavy atom. The van der Waals surface area contributed by atoms with E-state index < -0.39 is 17.8 Å². The van der Waals surface area contributed by atoms with Crippen LogP contribution in [-0.4, -0.2) is 18.5 Å². The lowest BCUT2D eigenvalue weighted by Crippen LogP contribution is -2.31. The van der Waals surface area contributed by atoms with E-state index in [9.17, 15) is 14.0 Å². The average molecular weight is 234 g/mol. The van der Waals surface area contributed by atoms with Gasteiger partial charge in [-0.2, -0.15) is 0 Å². The number of anilines is 1. The van der Waals surface area contributed by atoms with E-state index in [1.165, 1.54) is 12.1 Å². The lowest BCUT2D eigenvalue weighted by Gasteiger charge is -2.13. The van der Waals surface area contributed by atoms with Gasteiger partial charge in [0.15, 0.2) is 0 Å². The van der Waals surface area contributed by atoms with Crippen LogP contribution in [-0.2, 0) is 4.79 Å². The molecule has 2 aliphatic rings. The van der Waals surface area contributed by atoms with Crippen molar-refractivity contribution in [2.24, 2.45) is 0 Å². The number of urea groups is 1. The van der Waals surface area contributed by atoms with Crippen LogP contribution in [0.4, 0.5) is 14.9 Å². The molecule has 5 heteroatoms. The number of carbonyl (C=O) groups excluding carboxylic acids is 2. The molecule has 4 nitrogen and oxygen atoms in total. The minimum atomic E-state index is -0.562. The van der Waals surface area contributed by atoms with Gasteiger partial charge in [0.05, 0.1) is 12.2 Å². The number of nitrogens with zero attached hydrogens (tertiary/aromatic N) is 1. The Balaban J connectivity index is 1.97. The lowest BCUT2D eigenvalue weighted by atomic mass is 10.1. The second-order valence-corrected chi connectivity index (χ2v) is 4.37. The van der Waals surface area contributed by atoms with Crippen molar-refractivity contribution in [1.29, 1.82) is 0 Å². The van der Waals surface area contributed by atoms with E-state index in [2.05, 4.69) is 5.32 Å². The molecule has 17 heavy (non-hydrogen) atoms. The van der Waals surface area contributed by atoms with E-state index in [-0.39, 0.29) is 12.2 Å². The average Bonchev–Trinajstić information content (AvgIpc) is 3.08. The molecule has 0 spiro atoms. The van der Waals surface area contributed by atoms with Gasteiger partial charge in [0, 0.05) is 0 Å². The number of amides is 3. The number of hydrogen-bond acceptors (Lipinski definition) is 2. The normalized spacial score (nSPS) is 19.7. The van der Waals surface area contributed by atoms with Crippen LogP contribution in [0.2, 0.25) is 0 Å². The molecule has 1 aromatic rings. The highest BCUT2D eigenvalue weighted by atomic mass is 19.1. The SMILES string of the molecule is O=C1CNC(=O)N1c1ccc(C2CC2)cc1F. The van der Waals surface area contributed by atoms with E-state index in [1.54, 1.807) is 6.07 Å². The highest BCUT2D eigenvalue weighted by Gasteiger charge is 2.32. The van der Waals surface area contributed by atoms with Crippen molar-refractivity contribution in [1.82, 2.24) is 5.32 Å². The second kappa shape index (κ2) is 3.55. The number of imide groups is 1. The van der Waals surface area contributed by atoms with Crippen LogP contribution < -0.4 is 10.2 Å². The molecule has 88 valence electrons. The molecule has 1 aromatic carbocycles. The highest BCUT2D eigenvalue weighted by molar-refractivity contribution is 6.19. The first kappa shape index (κ1) is 10.3. The van der Waals surface area contributed by atoms with Crippen molar-refractivity contribution in [2.45, 2.75) is 18.8 Å². The maximum Gasteiger partial charge on any atom is 0.329 e. The zero-order chi connectivity index (χ0) is 12.0. The maximum absolute atomic E-state index is 13.9. The Morgan fingerprint density at radius 1 is 1.29 bits per heavy atom. The lowest BCUT2D eigenvalue weighted by molar-refractivity contribution is -0.115. The van der Waals surface area contributed by atoms with Crippen LogP contribution in [0.5, 0.6) is 0 Å². The van der Waals surface area contributed by atoms with E-state index in [4.69, 9.17) is 0 Å². The van der Waals surface area contributed by atoms with E-state index >= 15 is 0 Å². The van der Waals surface area contributed by atoms with Crippen LogP contribution in [0.15, 0.2) is 18.2 Å². The monoisotopic (exact) mass is 234 g/mol. The summed E-state index contributed by atoms with van der Waals surface area (Å²) in [4.78, 5) is 23.7. The zero-order valence-corrected chi connectivity index (χ0v) is 9.07. The fourth-order valence-corrected chi connectivity index (χ4v) is 2.04. The molecule has 1 saturated carbocycles. The molecule has 1 saturated heterocycles. The van der Waals surface area contributed by atoms with E-state index in [0.29, 0.717) is 5.92 Å². The van der Waals surface area contributed by atoms with Crippen LogP contribution in [0.25, 0.3) is 0 Å². The molecular weight excluding hydrogens is 223 g/mol. The molecule has 3 amide bonds. The summed E-state index contributed by atoms with van der Waals surface area (Å²) in [7, 11) is 0. The third kappa shape index (κ3) is 1.67. The van der Waals surface area contributed by atoms with Gasteiger partial charge in [0.2, 0.25) is 0 Å². The number of benzene rings is 1. The molecule has 1 heterocycles. The number of nitrogens with one attached hydrogen (secondary N) is 1. The van der Waals surface area contributed by atoms with Gasteiger partial charge in [0.1, 0.15) is 5.82 Å². The Morgan fingerprint density at radius 3 is 2.59 bits per heavy atom. The maximum atomic E-state index is 13.9. The topological polar surface area (TPSA) is 49.4 Å². The molecule has 0 unspecified atom stereocenters. The van der Waals surface area contributed by atoms with Gasteiger partial charge in [-0.05, 0) is 36.5 Å². The number of hydrogen-bond donors (Lipinski definition) is 1. The minimum Gasteiger partial charge on any atom is -0.328 e. The van der Waals surface area contributed by atoms with Crippen LogP contribution in [0.1, 0.15) is 24.3 Å². The predicted molar refractivity (Wildman–Crippen MR) is 59.3 cm³/mol. The smallest absolute Gasteiger partial charge is 0.328 e. The molecule has 2 fully saturated rings. The molecule has 1 aliphatic heterocycles. The summed E-state index contributed by atoms with van der Waals surface area (Å²) >= 11 is 0. The van der Waals surface area contributed by atoms with Crippen molar-refractivity contribution in [3.05, 3.63) is 29.6 Å². The standard InChI is InChI=1S/C12H11FN2O2/c13-9-5-8(7-1-2-7)3-4-10(9)15-11(16)6-14-12(15)17/h3-5,7H,1-2,6H2,(H,14,17). The van der Waals surface area contributed by atoms with Crippen molar-refractivity contribution < 1.29 is 14.0 Å². The van der Waals surface area contributed by atoms with Crippen LogP contribution >= 0.6 is 0 Å². The first-order valence-corrected chi connectivity index (χ1v) is 5.57. The molecular formula is C12H11FN2O2. The third-order valence-corrected chi connectivity index (χ3v) is 3.10. The molecule has 0 aromatic heterocycles. The number of carbonyl (C=O) groups is 2. The molecule has 1 N–H and O–H groups in total. The molecule has 3 rings (SSSR count). The molecule has 0 atom stereocenters. The largest absolute Gasteiger partial charge is 0.329 e. The Kier molecular flexibility index (Phi) is 2.14. The van der Waals surface area contributed by atoms with Crippen molar-refractivity contribution in [2.75, 3.05) is 11.4 Å². The van der Waals surface area contributed by atoms with Crippen LogP contribution in [0, 0.1) is 5.82 Å². The molecule has 1 aliphatic carbocycles. The third-order valence-electron chi connectivity index (χ3n) is 3.10. The Bertz CT molecular complexity index is 495. The summed E-state index contributed by atoms with van der Waals surface area (Å²) in [5, 5.41) is 2.37. The fraction of sp³-hybridized carbons (Fsp3) is 0.333. The fourth-order valence-electron chi connectivity index (χ4n) is 2.04. The predicted octanol–water partition coefficient (Wildman–Crippen LogP) is 1.76. The van der Waals surface area contributed by atoms with Crippen LogP contribution in [0.3, 0.4) is 0 Å². The summed E-state index contributed by atoms with van der Waals surface area (Å²) in [6.07, 6.45) is 2.17. The van der Waals surface area contributed by atoms with Gasteiger partial charge in [0.25, 0.3) is 5.91 Å². The van der Waals surface area contributed by atoms with Gasteiger partial charge in [-0.25, -0.2) is 14.1 Å². The Labute approximate surface area is 97.4 Å². The summed E-state index contributed by atoms with van der Waals surface area (Å²) < 4.78 is 13.9. The first-order chi connectivity index (χ1) is 8.16. The van der Waals surface area contributed by atoms with E-state index in [1.807, 2.05) is 0 Å².